The molecule has 228 valence electrons. The van der Waals surface area contributed by atoms with Crippen LogP contribution in [0.25, 0.3) is 11.0 Å². The lowest BCUT2D eigenvalue weighted by atomic mass is 10.1. The van der Waals surface area contributed by atoms with E-state index >= 15 is 0 Å². The molecule has 1 fully saturated rings. The van der Waals surface area contributed by atoms with Gasteiger partial charge in [-0.05, 0) is 57.0 Å². The minimum Gasteiger partial charge on any atom is -0.465 e. The van der Waals surface area contributed by atoms with E-state index < -0.39 is 5.97 Å². The van der Waals surface area contributed by atoms with Gasteiger partial charge in [-0.2, -0.15) is 0 Å². The summed E-state index contributed by atoms with van der Waals surface area (Å²) >= 11 is 6.67. The summed E-state index contributed by atoms with van der Waals surface area (Å²) in [5.74, 6) is 0.264. The SMILES string of the molecule is CCOC(=O)CNC(=O)CCc1oc2ccc(Cl)c(Oc3ccncc3C(=O)N3CCN(C4CC4)c4ccccc43)c2c1C. The Hall–Kier alpha value is -4.57. The summed E-state index contributed by atoms with van der Waals surface area (Å²) in [7, 11) is 0. The second kappa shape index (κ2) is 12.6. The Morgan fingerprint density at radius 1 is 1.09 bits per heavy atom. The quantitative estimate of drug-likeness (QED) is 0.222. The van der Waals surface area contributed by atoms with Gasteiger partial charge in [0.15, 0.2) is 5.75 Å². The number of aromatic nitrogens is 1. The van der Waals surface area contributed by atoms with E-state index in [2.05, 4.69) is 21.3 Å². The molecule has 2 aromatic carbocycles. The zero-order valence-electron chi connectivity index (χ0n) is 24.6. The molecule has 1 aliphatic heterocycles. The number of carbonyl (C=O) groups is 3. The molecular formula is C33H33ClN4O6. The van der Waals surface area contributed by atoms with Gasteiger partial charge in [-0.25, -0.2) is 0 Å². The number of rotatable bonds is 10. The van der Waals surface area contributed by atoms with Gasteiger partial charge >= 0.3 is 5.97 Å². The number of pyridine rings is 1. The topological polar surface area (TPSA) is 114 Å². The van der Waals surface area contributed by atoms with Gasteiger partial charge < -0.3 is 29.0 Å². The summed E-state index contributed by atoms with van der Waals surface area (Å²) in [6, 6.07) is 13.6. The van der Waals surface area contributed by atoms with E-state index in [0.717, 1.165) is 23.5 Å². The molecule has 0 bridgehead atoms. The number of fused-ring (bicyclic) bond motifs is 2. The zero-order valence-corrected chi connectivity index (χ0v) is 25.4. The predicted octanol–water partition coefficient (Wildman–Crippen LogP) is 5.82. The number of aryl methyl sites for hydroxylation is 2. The van der Waals surface area contributed by atoms with E-state index in [-0.39, 0.29) is 31.4 Å². The fourth-order valence-electron chi connectivity index (χ4n) is 5.61. The van der Waals surface area contributed by atoms with E-state index in [1.165, 1.54) is 19.0 Å². The number of para-hydroxylation sites is 2. The van der Waals surface area contributed by atoms with E-state index in [0.29, 0.717) is 57.8 Å². The third-order valence-corrected chi connectivity index (χ3v) is 8.21. The zero-order chi connectivity index (χ0) is 30.8. The third kappa shape index (κ3) is 5.94. The Bertz CT molecular complexity index is 1730. The largest absolute Gasteiger partial charge is 0.465 e. The van der Waals surface area contributed by atoms with Gasteiger partial charge in [0.2, 0.25) is 5.91 Å². The standard InChI is InChI=1S/C33H33ClN4O6/c1-3-42-30(40)19-36-29(39)13-12-26-20(2)31-28(43-26)11-10-23(34)32(31)44-27-14-15-35-18-22(27)33(41)38-17-16-37(21-8-9-21)24-6-4-5-7-25(24)38/h4-7,10-11,14-15,18,21H,3,8-9,12-13,16-17,19H2,1-2H3,(H,36,39). The number of nitrogens with one attached hydrogen (secondary N) is 1. The van der Waals surface area contributed by atoms with E-state index in [1.807, 2.05) is 25.1 Å². The van der Waals surface area contributed by atoms with Gasteiger partial charge in [-0.15, -0.1) is 0 Å². The maximum atomic E-state index is 14.0. The molecule has 1 aliphatic carbocycles. The number of anilines is 2. The second-order valence-electron chi connectivity index (χ2n) is 10.8. The predicted molar refractivity (Wildman–Crippen MR) is 167 cm³/mol. The molecule has 6 rings (SSSR count). The van der Waals surface area contributed by atoms with Gasteiger partial charge in [0.1, 0.15) is 29.2 Å². The van der Waals surface area contributed by atoms with Crippen LogP contribution in [0.5, 0.6) is 11.5 Å². The Balaban J connectivity index is 1.24. The molecule has 1 saturated carbocycles. The third-order valence-electron chi connectivity index (χ3n) is 7.91. The summed E-state index contributed by atoms with van der Waals surface area (Å²) in [6.07, 6.45) is 5.85. The summed E-state index contributed by atoms with van der Waals surface area (Å²) in [6.45, 7) is 4.95. The van der Waals surface area contributed by atoms with Gasteiger partial charge in [0.05, 0.1) is 28.4 Å². The highest BCUT2D eigenvalue weighted by Crippen LogP contribution is 2.43. The fraction of sp³-hybridized carbons (Fsp3) is 0.333. The van der Waals surface area contributed by atoms with Crippen LogP contribution in [0.15, 0.2) is 59.3 Å². The highest BCUT2D eigenvalue weighted by atomic mass is 35.5. The first kappa shape index (κ1) is 29.5. The van der Waals surface area contributed by atoms with Gasteiger partial charge in [0.25, 0.3) is 5.91 Å². The monoisotopic (exact) mass is 616 g/mol. The van der Waals surface area contributed by atoms with Crippen molar-refractivity contribution in [3.63, 3.8) is 0 Å². The maximum absolute atomic E-state index is 14.0. The number of esters is 1. The summed E-state index contributed by atoms with van der Waals surface area (Å²) in [5, 5.41) is 3.56. The van der Waals surface area contributed by atoms with E-state index in [1.54, 1.807) is 36.2 Å². The molecule has 0 spiro atoms. The molecule has 1 N–H and O–H groups in total. The van der Waals surface area contributed by atoms with Crippen molar-refractivity contribution in [3.05, 3.63) is 76.8 Å². The minimum absolute atomic E-state index is 0.114. The van der Waals surface area contributed by atoms with Gasteiger partial charge in [-0.3, -0.25) is 19.4 Å². The van der Waals surface area contributed by atoms with Crippen LogP contribution in [0.3, 0.4) is 0 Å². The molecule has 2 aromatic heterocycles. The Morgan fingerprint density at radius 3 is 2.66 bits per heavy atom. The molecule has 10 nitrogen and oxygen atoms in total. The Morgan fingerprint density at radius 2 is 1.89 bits per heavy atom. The average molecular weight is 617 g/mol. The average Bonchev–Trinajstić information content (AvgIpc) is 3.83. The molecule has 11 heteroatoms. The number of hydrogen-bond donors (Lipinski definition) is 1. The molecule has 0 atom stereocenters. The first-order chi connectivity index (χ1) is 21.4. The van der Waals surface area contributed by atoms with Crippen molar-refractivity contribution in [2.24, 2.45) is 0 Å². The molecule has 2 amide bonds. The summed E-state index contributed by atoms with van der Waals surface area (Å²) < 4.78 is 17.3. The van der Waals surface area contributed by atoms with Gasteiger partial charge in [0, 0.05) is 49.9 Å². The molecule has 44 heavy (non-hydrogen) atoms. The van der Waals surface area contributed by atoms with E-state index in [9.17, 15) is 14.4 Å². The molecule has 2 aliphatic rings. The Labute approximate surface area is 259 Å². The normalized spacial score (nSPS) is 14.3. The van der Waals surface area contributed by atoms with Crippen molar-refractivity contribution in [2.75, 3.05) is 36.0 Å². The van der Waals surface area contributed by atoms with Crippen molar-refractivity contribution < 1.29 is 28.3 Å². The number of halogens is 1. The molecule has 3 heterocycles. The number of nitrogens with zero attached hydrogens (tertiary/aromatic N) is 3. The molecule has 0 unspecified atom stereocenters. The van der Waals surface area contributed by atoms with Gasteiger partial charge in [-0.1, -0.05) is 23.7 Å². The van der Waals surface area contributed by atoms with Crippen LogP contribution in [-0.2, 0) is 20.7 Å². The molecule has 0 radical (unpaired) electrons. The molecule has 4 aromatic rings. The van der Waals surface area contributed by atoms with Crippen molar-refractivity contribution in [2.45, 2.75) is 45.6 Å². The van der Waals surface area contributed by atoms with Crippen LogP contribution in [0.1, 0.15) is 47.9 Å². The maximum Gasteiger partial charge on any atom is 0.325 e. The van der Waals surface area contributed by atoms with Crippen molar-refractivity contribution in [3.8, 4) is 11.5 Å². The van der Waals surface area contributed by atoms with Crippen LogP contribution >= 0.6 is 11.6 Å². The lowest BCUT2D eigenvalue weighted by Gasteiger charge is -2.38. The smallest absolute Gasteiger partial charge is 0.325 e. The highest BCUT2D eigenvalue weighted by Gasteiger charge is 2.36. The Kier molecular flexibility index (Phi) is 8.43. The van der Waals surface area contributed by atoms with Crippen molar-refractivity contribution in [1.29, 1.82) is 0 Å². The van der Waals surface area contributed by atoms with Crippen LogP contribution in [0.4, 0.5) is 11.4 Å². The first-order valence-electron chi connectivity index (χ1n) is 14.8. The van der Waals surface area contributed by atoms with Crippen molar-refractivity contribution >= 4 is 51.7 Å². The van der Waals surface area contributed by atoms with E-state index in [4.69, 9.17) is 25.5 Å². The van der Waals surface area contributed by atoms with Crippen molar-refractivity contribution in [1.82, 2.24) is 10.3 Å². The number of benzene rings is 2. The van der Waals surface area contributed by atoms with Crippen LogP contribution in [0.2, 0.25) is 5.02 Å². The number of carbonyl (C=O) groups excluding carboxylic acids is 3. The second-order valence-corrected chi connectivity index (χ2v) is 11.2. The number of amides is 2. The minimum atomic E-state index is -0.490. The van der Waals surface area contributed by atoms with Crippen LogP contribution in [-0.4, -0.2) is 55.1 Å². The molecular weight excluding hydrogens is 584 g/mol. The number of ether oxygens (including phenoxy) is 2. The summed E-state index contributed by atoms with van der Waals surface area (Å²) in [4.78, 5) is 46.3. The first-order valence-corrected chi connectivity index (χ1v) is 15.2. The highest BCUT2D eigenvalue weighted by molar-refractivity contribution is 6.33. The van der Waals surface area contributed by atoms with Crippen LogP contribution in [0, 0.1) is 6.92 Å². The lowest BCUT2D eigenvalue weighted by Crippen LogP contribution is -2.45. The molecule has 0 saturated heterocycles. The lowest BCUT2D eigenvalue weighted by molar-refractivity contribution is -0.143. The number of hydrogen-bond acceptors (Lipinski definition) is 8. The fourth-order valence-corrected chi connectivity index (χ4v) is 5.81. The number of furan rings is 1. The summed E-state index contributed by atoms with van der Waals surface area (Å²) in [5.41, 5.74) is 3.55. The van der Waals surface area contributed by atoms with Crippen LogP contribution < -0.4 is 19.9 Å².